The number of fused-ring (bicyclic) bond motifs is 3. The number of carbonyl (C=O) groups excluding carboxylic acids is 3. The van der Waals surface area contributed by atoms with Gasteiger partial charge in [-0.25, -0.2) is 0 Å². The minimum Gasteiger partial charge on any atom is -0.460 e. The molecule has 3 atom stereocenters. The van der Waals surface area contributed by atoms with Gasteiger partial charge in [0.1, 0.15) is 11.7 Å². The molecule has 156 valence electrons. The Balaban J connectivity index is 1.79. The summed E-state index contributed by atoms with van der Waals surface area (Å²) in [5.41, 5.74) is 1.44. The van der Waals surface area contributed by atoms with Gasteiger partial charge in [0.2, 0.25) is 5.91 Å². The highest BCUT2D eigenvalue weighted by molar-refractivity contribution is 5.81. The maximum atomic E-state index is 12.9. The molecule has 2 aliphatic rings. The lowest BCUT2D eigenvalue weighted by atomic mass is 10.00. The lowest BCUT2D eigenvalue weighted by Gasteiger charge is -2.25. The van der Waals surface area contributed by atoms with Gasteiger partial charge in [-0.2, -0.15) is 0 Å². The van der Waals surface area contributed by atoms with Crippen LogP contribution in [0, 0.1) is 5.92 Å². The zero-order valence-electron chi connectivity index (χ0n) is 17.3. The second-order valence-electron chi connectivity index (χ2n) is 8.66. The lowest BCUT2D eigenvalue weighted by Crippen LogP contribution is -2.38. The molecule has 0 saturated carbocycles. The monoisotopic (exact) mass is 399 g/mol. The van der Waals surface area contributed by atoms with Crippen molar-refractivity contribution < 1.29 is 23.9 Å². The highest BCUT2D eigenvalue weighted by Gasteiger charge is 2.38. The second kappa shape index (κ2) is 8.80. The van der Waals surface area contributed by atoms with Gasteiger partial charge in [0.25, 0.3) is 0 Å². The van der Waals surface area contributed by atoms with Gasteiger partial charge in [0.05, 0.1) is 18.4 Å². The SMILES string of the molecule is CC(C)(C)OC(=O)C[C@@H]1C/C=C\CCC(=O)N[C@@H]2c3ccccc3C[C@@H]2OC1=O. The minimum atomic E-state index is -0.611. The Labute approximate surface area is 171 Å². The van der Waals surface area contributed by atoms with Crippen LogP contribution in [0.3, 0.4) is 0 Å². The van der Waals surface area contributed by atoms with Crippen molar-refractivity contribution in [3.63, 3.8) is 0 Å². The topological polar surface area (TPSA) is 81.7 Å². The lowest BCUT2D eigenvalue weighted by molar-refractivity contribution is -0.164. The van der Waals surface area contributed by atoms with Gasteiger partial charge in [-0.1, -0.05) is 36.4 Å². The van der Waals surface area contributed by atoms with Crippen LogP contribution in [-0.2, 0) is 30.3 Å². The molecule has 1 aromatic carbocycles. The number of amides is 1. The van der Waals surface area contributed by atoms with Gasteiger partial charge < -0.3 is 14.8 Å². The molecule has 3 rings (SSSR count). The van der Waals surface area contributed by atoms with E-state index < -0.39 is 29.6 Å². The van der Waals surface area contributed by atoms with E-state index in [0.717, 1.165) is 11.1 Å². The predicted octanol–water partition coefficient (Wildman–Crippen LogP) is 3.40. The van der Waals surface area contributed by atoms with Gasteiger partial charge in [0, 0.05) is 12.8 Å². The Morgan fingerprint density at radius 1 is 1.21 bits per heavy atom. The first-order valence-electron chi connectivity index (χ1n) is 10.2. The van der Waals surface area contributed by atoms with E-state index in [0.29, 0.717) is 25.7 Å². The molecule has 0 aromatic heterocycles. The highest BCUT2D eigenvalue weighted by atomic mass is 16.6. The summed E-state index contributed by atoms with van der Waals surface area (Å²) in [5, 5.41) is 3.02. The van der Waals surface area contributed by atoms with Crippen LogP contribution in [0.5, 0.6) is 0 Å². The third kappa shape index (κ3) is 5.68. The Morgan fingerprint density at radius 2 is 1.97 bits per heavy atom. The zero-order valence-corrected chi connectivity index (χ0v) is 17.3. The predicted molar refractivity (Wildman–Crippen MR) is 108 cm³/mol. The first-order chi connectivity index (χ1) is 13.7. The van der Waals surface area contributed by atoms with E-state index in [4.69, 9.17) is 9.47 Å². The number of nitrogens with one attached hydrogen (secondary N) is 1. The largest absolute Gasteiger partial charge is 0.460 e. The van der Waals surface area contributed by atoms with Crippen molar-refractivity contribution >= 4 is 17.8 Å². The van der Waals surface area contributed by atoms with Gasteiger partial charge in [-0.3, -0.25) is 14.4 Å². The molecule has 1 N–H and O–H groups in total. The van der Waals surface area contributed by atoms with E-state index in [1.54, 1.807) is 20.8 Å². The number of hydrogen-bond acceptors (Lipinski definition) is 5. The number of ether oxygens (including phenoxy) is 2. The Kier molecular flexibility index (Phi) is 6.40. The standard InChI is InChI=1S/C23H29NO5/c1-23(2,3)29-20(26)14-16-10-5-4-6-12-19(25)24-21-17-11-8-7-9-15(17)13-18(21)28-22(16)27/h4-5,7-9,11,16,18,21H,6,10,12-14H2,1-3H3,(H,24,25)/b5-4-/t16-,18-,21+/m0/s1. The van der Waals surface area contributed by atoms with Crippen molar-refractivity contribution in [2.75, 3.05) is 0 Å². The van der Waals surface area contributed by atoms with Crippen LogP contribution in [0.15, 0.2) is 36.4 Å². The van der Waals surface area contributed by atoms with E-state index in [-0.39, 0.29) is 18.4 Å². The van der Waals surface area contributed by atoms with Crippen molar-refractivity contribution in [1.29, 1.82) is 0 Å². The summed E-state index contributed by atoms with van der Waals surface area (Å²) in [5.74, 6) is -1.53. The van der Waals surface area contributed by atoms with Gasteiger partial charge in [0.15, 0.2) is 0 Å². The van der Waals surface area contributed by atoms with Crippen molar-refractivity contribution in [3.8, 4) is 0 Å². The normalized spacial score (nSPS) is 26.1. The number of rotatable bonds is 2. The van der Waals surface area contributed by atoms with Crippen LogP contribution in [-0.4, -0.2) is 29.6 Å². The fraction of sp³-hybridized carbons (Fsp3) is 0.522. The third-order valence-corrected chi connectivity index (χ3v) is 5.06. The second-order valence-corrected chi connectivity index (χ2v) is 8.66. The molecule has 1 aliphatic heterocycles. The third-order valence-electron chi connectivity index (χ3n) is 5.06. The maximum absolute atomic E-state index is 12.9. The smallest absolute Gasteiger partial charge is 0.310 e. The number of benzene rings is 1. The molecular formula is C23H29NO5. The summed E-state index contributed by atoms with van der Waals surface area (Å²) in [7, 11) is 0. The fourth-order valence-corrected chi connectivity index (χ4v) is 3.77. The Morgan fingerprint density at radius 3 is 2.72 bits per heavy atom. The van der Waals surface area contributed by atoms with Crippen molar-refractivity contribution in [1.82, 2.24) is 5.32 Å². The first-order valence-corrected chi connectivity index (χ1v) is 10.2. The molecular weight excluding hydrogens is 370 g/mol. The van der Waals surface area contributed by atoms with Crippen LogP contribution >= 0.6 is 0 Å². The zero-order chi connectivity index (χ0) is 21.0. The molecule has 0 saturated heterocycles. The number of carbonyl (C=O) groups is 3. The van der Waals surface area contributed by atoms with Crippen LogP contribution in [0.1, 0.15) is 63.6 Å². The van der Waals surface area contributed by atoms with Crippen LogP contribution in [0.25, 0.3) is 0 Å². The minimum absolute atomic E-state index is 0.0306. The summed E-state index contributed by atoms with van der Waals surface area (Å²) < 4.78 is 11.2. The molecule has 1 aliphatic carbocycles. The summed E-state index contributed by atoms with van der Waals surface area (Å²) in [6.07, 6.45) is 5.07. The fourth-order valence-electron chi connectivity index (χ4n) is 3.77. The van der Waals surface area contributed by atoms with E-state index in [2.05, 4.69) is 5.32 Å². The molecule has 1 amide bonds. The van der Waals surface area contributed by atoms with Crippen molar-refractivity contribution in [3.05, 3.63) is 47.5 Å². The molecule has 1 aromatic rings. The van der Waals surface area contributed by atoms with Crippen molar-refractivity contribution in [2.45, 2.75) is 70.6 Å². The summed E-state index contributed by atoms with van der Waals surface area (Å²) in [6.45, 7) is 5.40. The van der Waals surface area contributed by atoms with Crippen LogP contribution < -0.4 is 5.32 Å². The summed E-state index contributed by atoms with van der Waals surface area (Å²) in [4.78, 5) is 37.5. The summed E-state index contributed by atoms with van der Waals surface area (Å²) in [6, 6.07) is 7.43. The molecule has 6 nitrogen and oxygen atoms in total. The van der Waals surface area contributed by atoms with E-state index in [1.807, 2.05) is 36.4 Å². The molecule has 29 heavy (non-hydrogen) atoms. The highest BCUT2D eigenvalue weighted by Crippen LogP contribution is 2.34. The molecule has 0 bridgehead atoms. The molecule has 1 heterocycles. The Bertz CT molecular complexity index is 808. The maximum Gasteiger partial charge on any atom is 0.310 e. The average molecular weight is 399 g/mol. The average Bonchev–Trinajstić information content (AvgIpc) is 2.95. The number of esters is 2. The van der Waals surface area contributed by atoms with Crippen molar-refractivity contribution in [2.24, 2.45) is 5.92 Å². The quantitative estimate of drug-likeness (QED) is 0.609. The summed E-state index contributed by atoms with van der Waals surface area (Å²) >= 11 is 0. The molecule has 0 fully saturated rings. The van der Waals surface area contributed by atoms with Crippen LogP contribution in [0.4, 0.5) is 0 Å². The van der Waals surface area contributed by atoms with Gasteiger partial charge >= 0.3 is 11.9 Å². The number of allylic oxidation sites excluding steroid dienone is 2. The Hall–Kier alpha value is -2.63. The van der Waals surface area contributed by atoms with E-state index in [1.165, 1.54) is 0 Å². The molecule has 0 spiro atoms. The molecule has 6 heteroatoms. The first kappa shape index (κ1) is 21.1. The molecule has 0 radical (unpaired) electrons. The van der Waals surface area contributed by atoms with Gasteiger partial charge in [-0.15, -0.1) is 0 Å². The molecule has 0 unspecified atom stereocenters. The van der Waals surface area contributed by atoms with E-state index >= 15 is 0 Å². The van der Waals surface area contributed by atoms with E-state index in [9.17, 15) is 14.4 Å². The van der Waals surface area contributed by atoms with Gasteiger partial charge in [-0.05, 0) is 44.7 Å². The van der Waals surface area contributed by atoms with Crippen LogP contribution in [0.2, 0.25) is 0 Å². The number of hydrogen-bond donors (Lipinski definition) is 1.